The third-order valence-electron chi connectivity index (χ3n) is 4.27. The summed E-state index contributed by atoms with van der Waals surface area (Å²) >= 11 is 1.38. The van der Waals surface area contributed by atoms with Crippen LogP contribution in [0, 0.1) is 0 Å². The van der Waals surface area contributed by atoms with Gasteiger partial charge in [0.2, 0.25) is 11.8 Å². The van der Waals surface area contributed by atoms with Crippen molar-refractivity contribution in [2.45, 2.75) is 29.6 Å². The summed E-state index contributed by atoms with van der Waals surface area (Å²) < 4.78 is 5.49. The van der Waals surface area contributed by atoms with Crippen LogP contribution in [0.25, 0.3) is 0 Å². The Morgan fingerprint density at radius 1 is 1.11 bits per heavy atom. The highest BCUT2D eigenvalue weighted by atomic mass is 32.2. The molecule has 2 aliphatic heterocycles. The molecule has 0 radical (unpaired) electrons. The minimum Gasteiger partial charge on any atom is -0.479 e. The molecular formula is C19H17N3O4S. The first kappa shape index (κ1) is 17.4. The van der Waals surface area contributed by atoms with Crippen LogP contribution in [0.15, 0.2) is 47.4 Å². The molecule has 2 atom stereocenters. The number of ether oxygens (including phenoxy) is 1. The molecule has 0 fully saturated rings. The van der Waals surface area contributed by atoms with E-state index in [1.807, 2.05) is 24.3 Å². The number of amides is 3. The van der Waals surface area contributed by atoms with Gasteiger partial charge >= 0.3 is 0 Å². The average molecular weight is 383 g/mol. The molecule has 3 N–H and O–H groups in total. The first-order valence-corrected chi connectivity index (χ1v) is 9.35. The van der Waals surface area contributed by atoms with E-state index in [0.717, 1.165) is 10.6 Å². The van der Waals surface area contributed by atoms with E-state index < -0.39 is 11.4 Å². The van der Waals surface area contributed by atoms with Crippen molar-refractivity contribution < 1.29 is 19.1 Å². The van der Waals surface area contributed by atoms with E-state index >= 15 is 0 Å². The molecule has 0 saturated heterocycles. The normalized spacial score (nSPS) is 20.5. The first-order valence-electron chi connectivity index (χ1n) is 8.47. The second-order valence-corrected chi connectivity index (χ2v) is 7.55. The lowest BCUT2D eigenvalue weighted by atomic mass is 10.2. The van der Waals surface area contributed by atoms with E-state index in [0.29, 0.717) is 17.1 Å². The number of carbonyl (C=O) groups excluding carboxylic acids is 3. The minimum absolute atomic E-state index is 0.0435. The maximum atomic E-state index is 12.4. The van der Waals surface area contributed by atoms with E-state index in [-0.39, 0.29) is 24.1 Å². The van der Waals surface area contributed by atoms with Gasteiger partial charge in [0.1, 0.15) is 5.75 Å². The molecule has 2 aromatic rings. The van der Waals surface area contributed by atoms with Crippen LogP contribution in [0.4, 0.5) is 17.1 Å². The monoisotopic (exact) mass is 383 g/mol. The van der Waals surface area contributed by atoms with Crippen LogP contribution in [0.3, 0.4) is 0 Å². The van der Waals surface area contributed by atoms with Crippen LogP contribution >= 0.6 is 11.8 Å². The third-order valence-corrected chi connectivity index (χ3v) is 5.55. The number of para-hydroxylation sites is 1. The highest BCUT2D eigenvalue weighted by Crippen LogP contribution is 2.37. The zero-order chi connectivity index (χ0) is 19.0. The molecule has 7 nitrogen and oxygen atoms in total. The zero-order valence-corrected chi connectivity index (χ0v) is 15.3. The second kappa shape index (κ2) is 6.96. The van der Waals surface area contributed by atoms with Gasteiger partial charge in [-0.3, -0.25) is 14.4 Å². The van der Waals surface area contributed by atoms with Gasteiger partial charge in [-0.25, -0.2) is 0 Å². The van der Waals surface area contributed by atoms with Crippen molar-refractivity contribution >= 4 is 46.5 Å². The summed E-state index contributed by atoms with van der Waals surface area (Å²) in [6.07, 6.45) is -0.510. The highest BCUT2D eigenvalue weighted by molar-refractivity contribution is 8.01. The Balaban J connectivity index is 1.42. The number of thioether (sulfide) groups is 1. The van der Waals surface area contributed by atoms with E-state index in [4.69, 9.17) is 4.74 Å². The molecule has 0 unspecified atom stereocenters. The SMILES string of the molecule is C[C@H]1Oc2ccc(NC(=O)C[C@@H]3Sc4ccccc4NC3=O)cc2NC1=O. The molecule has 4 rings (SSSR count). The average Bonchev–Trinajstić information content (AvgIpc) is 2.63. The predicted octanol–water partition coefficient (Wildman–Crippen LogP) is 2.85. The van der Waals surface area contributed by atoms with Crippen molar-refractivity contribution in [3.8, 4) is 5.75 Å². The number of anilines is 3. The second-order valence-electron chi connectivity index (χ2n) is 6.30. The standard InChI is InChI=1S/C19H17N3O4S/c1-10-18(24)22-13-8-11(6-7-14(13)26-10)20-17(23)9-16-19(25)21-12-4-2-3-5-15(12)27-16/h2-8,10,16H,9H2,1H3,(H,20,23)(H,21,25)(H,22,24)/t10-,16+/m1/s1. The summed E-state index contributed by atoms with van der Waals surface area (Å²) in [4.78, 5) is 37.3. The van der Waals surface area contributed by atoms with E-state index in [2.05, 4.69) is 16.0 Å². The maximum Gasteiger partial charge on any atom is 0.265 e. The summed E-state index contributed by atoms with van der Waals surface area (Å²) in [5, 5.41) is 7.84. The lowest BCUT2D eigenvalue weighted by Crippen LogP contribution is -2.34. The molecule has 0 aliphatic carbocycles. The lowest BCUT2D eigenvalue weighted by Gasteiger charge is -2.24. The van der Waals surface area contributed by atoms with E-state index in [1.165, 1.54) is 11.8 Å². The Kier molecular flexibility index (Phi) is 4.49. The van der Waals surface area contributed by atoms with E-state index in [1.54, 1.807) is 25.1 Å². The number of hydrogen-bond donors (Lipinski definition) is 3. The van der Waals surface area contributed by atoms with E-state index in [9.17, 15) is 14.4 Å². The van der Waals surface area contributed by atoms with Crippen molar-refractivity contribution in [2.75, 3.05) is 16.0 Å². The molecule has 0 spiro atoms. The number of benzene rings is 2. The van der Waals surface area contributed by atoms with Crippen LogP contribution in [0.1, 0.15) is 13.3 Å². The fourth-order valence-corrected chi connectivity index (χ4v) is 4.00. The van der Waals surface area contributed by atoms with Gasteiger partial charge in [-0.15, -0.1) is 11.8 Å². The molecule has 27 heavy (non-hydrogen) atoms. The Labute approximate surface area is 159 Å². The summed E-state index contributed by atoms with van der Waals surface area (Å²) in [5.41, 5.74) is 1.80. The zero-order valence-electron chi connectivity index (χ0n) is 14.4. The Morgan fingerprint density at radius 2 is 1.89 bits per heavy atom. The van der Waals surface area contributed by atoms with Crippen LogP contribution in [0.5, 0.6) is 5.75 Å². The fourth-order valence-electron chi connectivity index (χ4n) is 2.89. The van der Waals surface area contributed by atoms with Gasteiger partial charge in [0.15, 0.2) is 6.10 Å². The number of fused-ring (bicyclic) bond motifs is 2. The topological polar surface area (TPSA) is 96.5 Å². The molecular weight excluding hydrogens is 366 g/mol. The van der Waals surface area contributed by atoms with Crippen molar-refractivity contribution in [2.24, 2.45) is 0 Å². The number of hydrogen-bond acceptors (Lipinski definition) is 5. The first-order chi connectivity index (χ1) is 13.0. The molecule has 138 valence electrons. The van der Waals surface area contributed by atoms with Crippen molar-refractivity contribution in [1.29, 1.82) is 0 Å². The van der Waals surface area contributed by atoms with Gasteiger partial charge in [0.05, 0.1) is 16.6 Å². The lowest BCUT2D eigenvalue weighted by molar-refractivity contribution is -0.122. The number of nitrogens with one attached hydrogen (secondary N) is 3. The van der Waals surface area contributed by atoms with Gasteiger partial charge in [0.25, 0.3) is 5.91 Å². The van der Waals surface area contributed by atoms with Crippen molar-refractivity contribution in [3.63, 3.8) is 0 Å². The number of rotatable bonds is 3. The fraction of sp³-hybridized carbons (Fsp3) is 0.211. The smallest absolute Gasteiger partial charge is 0.265 e. The van der Waals surface area contributed by atoms with Gasteiger partial charge in [-0.2, -0.15) is 0 Å². The molecule has 0 bridgehead atoms. The highest BCUT2D eigenvalue weighted by Gasteiger charge is 2.29. The molecule has 3 amide bonds. The van der Waals surface area contributed by atoms with Gasteiger partial charge < -0.3 is 20.7 Å². The van der Waals surface area contributed by atoms with Crippen LogP contribution in [-0.4, -0.2) is 29.1 Å². The molecule has 2 aliphatic rings. The summed E-state index contributed by atoms with van der Waals surface area (Å²) in [6, 6.07) is 12.5. The molecule has 0 aromatic heterocycles. The summed E-state index contributed by atoms with van der Waals surface area (Å²) in [7, 11) is 0. The molecule has 8 heteroatoms. The number of carbonyl (C=O) groups is 3. The van der Waals surface area contributed by atoms with Gasteiger partial charge in [-0.05, 0) is 37.3 Å². The largest absolute Gasteiger partial charge is 0.479 e. The summed E-state index contributed by atoms with van der Waals surface area (Å²) in [5.74, 6) is -0.147. The predicted molar refractivity (Wildman–Crippen MR) is 103 cm³/mol. The molecule has 2 aromatic carbocycles. The van der Waals surface area contributed by atoms with Crippen molar-refractivity contribution in [1.82, 2.24) is 0 Å². The van der Waals surface area contributed by atoms with Crippen LogP contribution in [-0.2, 0) is 14.4 Å². The Bertz CT molecular complexity index is 946. The Morgan fingerprint density at radius 3 is 2.74 bits per heavy atom. The summed E-state index contributed by atoms with van der Waals surface area (Å²) in [6.45, 7) is 1.67. The van der Waals surface area contributed by atoms with Gasteiger partial charge in [-0.1, -0.05) is 12.1 Å². The molecule has 0 saturated carbocycles. The Hall–Kier alpha value is -3.00. The van der Waals surface area contributed by atoms with Crippen molar-refractivity contribution in [3.05, 3.63) is 42.5 Å². The van der Waals surface area contributed by atoms with Crippen LogP contribution < -0.4 is 20.7 Å². The molecule has 2 heterocycles. The minimum atomic E-state index is -0.553. The van der Waals surface area contributed by atoms with Gasteiger partial charge in [0, 0.05) is 17.0 Å². The van der Waals surface area contributed by atoms with Crippen LogP contribution in [0.2, 0.25) is 0 Å². The maximum absolute atomic E-state index is 12.4. The third kappa shape index (κ3) is 3.61. The quantitative estimate of drug-likeness (QED) is 0.757.